The number of aryl methyl sites for hydroxylation is 1. The number of hydrogen-bond acceptors (Lipinski definition) is 3. The second-order valence-corrected chi connectivity index (χ2v) is 4.73. The lowest BCUT2D eigenvalue weighted by atomic mass is 10.0. The fourth-order valence-corrected chi connectivity index (χ4v) is 2.16. The van der Waals surface area contributed by atoms with Crippen LogP contribution in [-0.2, 0) is 6.42 Å². The van der Waals surface area contributed by atoms with Crippen molar-refractivity contribution in [3.63, 3.8) is 0 Å². The highest BCUT2D eigenvalue weighted by Crippen LogP contribution is 2.20. The number of nitrogens with one attached hydrogen (secondary N) is 1. The van der Waals surface area contributed by atoms with Crippen molar-refractivity contribution in [1.82, 2.24) is 5.32 Å². The first-order chi connectivity index (χ1) is 9.24. The van der Waals surface area contributed by atoms with Crippen LogP contribution < -0.4 is 5.32 Å². The second kappa shape index (κ2) is 6.55. The Labute approximate surface area is 114 Å². The van der Waals surface area contributed by atoms with E-state index in [1.54, 1.807) is 6.26 Å². The van der Waals surface area contributed by atoms with Crippen LogP contribution in [0.5, 0.6) is 0 Å². The second-order valence-electron chi connectivity index (χ2n) is 4.73. The monoisotopic (exact) mass is 259 g/mol. The fourth-order valence-electron chi connectivity index (χ4n) is 2.16. The molecule has 1 heterocycles. The molecule has 3 nitrogen and oxygen atoms in total. The summed E-state index contributed by atoms with van der Waals surface area (Å²) in [5, 5.41) is 12.9. The van der Waals surface area contributed by atoms with Gasteiger partial charge in [0.25, 0.3) is 0 Å². The van der Waals surface area contributed by atoms with Crippen molar-refractivity contribution in [1.29, 1.82) is 0 Å². The van der Waals surface area contributed by atoms with Crippen molar-refractivity contribution in [3.8, 4) is 0 Å². The summed E-state index contributed by atoms with van der Waals surface area (Å²) in [6.07, 6.45) is 2.69. The van der Waals surface area contributed by atoms with E-state index < -0.39 is 0 Å². The van der Waals surface area contributed by atoms with E-state index in [0.29, 0.717) is 0 Å². The number of hydrogen-bond donors (Lipinski definition) is 2. The summed E-state index contributed by atoms with van der Waals surface area (Å²) in [5.74, 6) is 0.878. The molecule has 0 aliphatic rings. The summed E-state index contributed by atoms with van der Waals surface area (Å²) < 4.78 is 5.37. The maximum Gasteiger partial charge on any atom is 0.120 e. The molecular formula is C16H21NO2. The predicted molar refractivity (Wildman–Crippen MR) is 75.9 cm³/mol. The number of furan rings is 1. The Hall–Kier alpha value is -1.58. The van der Waals surface area contributed by atoms with E-state index in [0.717, 1.165) is 17.7 Å². The molecule has 0 saturated heterocycles. The zero-order valence-corrected chi connectivity index (χ0v) is 11.5. The molecule has 0 bridgehead atoms. The predicted octanol–water partition coefficient (Wildman–Crippen LogP) is 3.23. The summed E-state index contributed by atoms with van der Waals surface area (Å²) in [5.41, 5.74) is 2.40. The zero-order valence-electron chi connectivity index (χ0n) is 11.5. The van der Waals surface area contributed by atoms with Crippen molar-refractivity contribution in [2.24, 2.45) is 0 Å². The van der Waals surface area contributed by atoms with Crippen LogP contribution in [0, 0.1) is 0 Å². The van der Waals surface area contributed by atoms with Gasteiger partial charge in [0, 0.05) is 0 Å². The standard InChI is InChI=1S/C16H21NO2/c1-3-13-6-8-14(9-7-13)15(11-18)17-12(2)16-5-4-10-19-16/h4-10,12,15,17-18H,3,11H2,1-2H3. The lowest BCUT2D eigenvalue weighted by Crippen LogP contribution is -2.27. The van der Waals surface area contributed by atoms with Crippen molar-refractivity contribution in [2.75, 3.05) is 6.61 Å². The molecule has 2 unspecified atom stereocenters. The quantitative estimate of drug-likeness (QED) is 0.837. The molecule has 0 fully saturated rings. The molecule has 3 heteroatoms. The minimum atomic E-state index is -0.0778. The van der Waals surface area contributed by atoms with Gasteiger partial charge in [-0.15, -0.1) is 0 Å². The first kappa shape index (κ1) is 13.8. The fraction of sp³-hybridized carbons (Fsp3) is 0.375. The Bertz CT molecular complexity index is 476. The summed E-state index contributed by atoms with van der Waals surface area (Å²) in [7, 11) is 0. The van der Waals surface area contributed by atoms with Crippen molar-refractivity contribution in [2.45, 2.75) is 32.4 Å². The van der Waals surface area contributed by atoms with Crippen LogP contribution in [0.3, 0.4) is 0 Å². The van der Waals surface area contributed by atoms with E-state index in [9.17, 15) is 5.11 Å². The van der Waals surface area contributed by atoms with Gasteiger partial charge in [0.15, 0.2) is 0 Å². The Morgan fingerprint density at radius 1 is 1.21 bits per heavy atom. The number of aliphatic hydroxyl groups excluding tert-OH is 1. The van der Waals surface area contributed by atoms with Crippen LogP contribution in [0.15, 0.2) is 47.1 Å². The van der Waals surface area contributed by atoms with E-state index in [2.05, 4.69) is 36.5 Å². The average Bonchev–Trinajstić information content (AvgIpc) is 2.99. The van der Waals surface area contributed by atoms with Crippen LogP contribution in [0.1, 0.15) is 42.8 Å². The topological polar surface area (TPSA) is 45.4 Å². The van der Waals surface area contributed by atoms with E-state index in [1.165, 1.54) is 5.56 Å². The van der Waals surface area contributed by atoms with E-state index in [1.807, 2.05) is 19.1 Å². The normalized spacial score (nSPS) is 14.3. The van der Waals surface area contributed by atoms with Gasteiger partial charge in [-0.3, -0.25) is 5.32 Å². The molecule has 2 N–H and O–H groups in total. The highest BCUT2D eigenvalue weighted by Gasteiger charge is 2.16. The van der Waals surface area contributed by atoms with Crippen molar-refractivity contribution in [3.05, 3.63) is 59.5 Å². The molecule has 0 aliphatic heterocycles. The van der Waals surface area contributed by atoms with Crippen LogP contribution in [0.4, 0.5) is 0 Å². The van der Waals surface area contributed by atoms with Gasteiger partial charge in [0.2, 0.25) is 0 Å². The highest BCUT2D eigenvalue weighted by atomic mass is 16.3. The van der Waals surface area contributed by atoms with Crippen LogP contribution in [0.2, 0.25) is 0 Å². The van der Waals surface area contributed by atoms with Crippen molar-refractivity contribution < 1.29 is 9.52 Å². The SMILES string of the molecule is CCc1ccc(C(CO)NC(C)c2ccco2)cc1. The Morgan fingerprint density at radius 3 is 2.47 bits per heavy atom. The lowest BCUT2D eigenvalue weighted by molar-refractivity contribution is 0.230. The van der Waals surface area contributed by atoms with E-state index >= 15 is 0 Å². The van der Waals surface area contributed by atoms with Crippen LogP contribution >= 0.6 is 0 Å². The van der Waals surface area contributed by atoms with Crippen LogP contribution in [0.25, 0.3) is 0 Å². The van der Waals surface area contributed by atoms with Crippen LogP contribution in [-0.4, -0.2) is 11.7 Å². The van der Waals surface area contributed by atoms with Gasteiger partial charge in [0.1, 0.15) is 5.76 Å². The molecule has 2 atom stereocenters. The maximum atomic E-state index is 9.56. The molecule has 1 aromatic carbocycles. The molecule has 0 spiro atoms. The first-order valence-corrected chi connectivity index (χ1v) is 6.73. The van der Waals surface area contributed by atoms with Gasteiger partial charge in [-0.05, 0) is 36.6 Å². The van der Waals surface area contributed by atoms with Gasteiger partial charge in [-0.25, -0.2) is 0 Å². The van der Waals surface area contributed by atoms with Gasteiger partial charge in [0.05, 0.1) is 25.0 Å². The smallest absolute Gasteiger partial charge is 0.120 e. The van der Waals surface area contributed by atoms with E-state index in [4.69, 9.17) is 4.42 Å². The minimum absolute atomic E-state index is 0.0660. The first-order valence-electron chi connectivity index (χ1n) is 6.73. The average molecular weight is 259 g/mol. The number of rotatable bonds is 6. The molecule has 19 heavy (non-hydrogen) atoms. The minimum Gasteiger partial charge on any atom is -0.468 e. The largest absolute Gasteiger partial charge is 0.468 e. The lowest BCUT2D eigenvalue weighted by Gasteiger charge is -2.21. The molecular weight excluding hydrogens is 238 g/mol. The summed E-state index contributed by atoms with van der Waals surface area (Å²) in [6.45, 7) is 4.23. The third-order valence-corrected chi connectivity index (χ3v) is 3.39. The number of benzene rings is 1. The number of aliphatic hydroxyl groups is 1. The van der Waals surface area contributed by atoms with Gasteiger partial charge < -0.3 is 9.52 Å². The molecule has 0 amide bonds. The maximum absolute atomic E-state index is 9.56. The Morgan fingerprint density at radius 2 is 1.95 bits per heavy atom. The van der Waals surface area contributed by atoms with E-state index in [-0.39, 0.29) is 18.7 Å². The van der Waals surface area contributed by atoms with Gasteiger partial charge in [-0.2, -0.15) is 0 Å². The summed E-state index contributed by atoms with van der Waals surface area (Å²) in [6, 6.07) is 12.2. The molecule has 2 aromatic rings. The molecule has 102 valence electrons. The zero-order chi connectivity index (χ0) is 13.7. The third kappa shape index (κ3) is 3.46. The summed E-state index contributed by atoms with van der Waals surface area (Å²) in [4.78, 5) is 0. The summed E-state index contributed by atoms with van der Waals surface area (Å²) >= 11 is 0. The molecule has 0 saturated carbocycles. The Kier molecular flexibility index (Phi) is 4.77. The molecule has 0 radical (unpaired) electrons. The molecule has 0 aliphatic carbocycles. The van der Waals surface area contributed by atoms with Crippen molar-refractivity contribution >= 4 is 0 Å². The molecule has 1 aromatic heterocycles. The third-order valence-electron chi connectivity index (χ3n) is 3.39. The van der Waals surface area contributed by atoms with Gasteiger partial charge in [-0.1, -0.05) is 31.2 Å². The van der Waals surface area contributed by atoms with Gasteiger partial charge >= 0.3 is 0 Å². The Balaban J connectivity index is 2.06. The highest BCUT2D eigenvalue weighted by molar-refractivity contribution is 5.25. The molecule has 2 rings (SSSR count).